The summed E-state index contributed by atoms with van der Waals surface area (Å²) in [5.41, 5.74) is 6.27. The van der Waals surface area contributed by atoms with Gasteiger partial charge in [-0.1, -0.05) is 0 Å². The van der Waals surface area contributed by atoms with Crippen LogP contribution in [0.4, 0.5) is 5.13 Å². The van der Waals surface area contributed by atoms with Crippen LogP contribution >= 0.6 is 11.3 Å². The first kappa shape index (κ1) is 12.8. The molecule has 0 saturated heterocycles. The molecule has 1 aliphatic carbocycles. The van der Waals surface area contributed by atoms with Crippen molar-refractivity contribution >= 4 is 28.4 Å². The minimum atomic E-state index is -0.127. The Balaban J connectivity index is 2.07. The number of carbonyl (C=O) groups is 1. The molecule has 7 heteroatoms. The number of rotatable bonds is 3. The number of thiazole rings is 1. The van der Waals surface area contributed by atoms with Crippen LogP contribution in [0.25, 0.3) is 0 Å². The predicted molar refractivity (Wildman–Crippen MR) is 69.8 cm³/mol. The van der Waals surface area contributed by atoms with Crippen molar-refractivity contribution in [2.75, 3.05) is 11.9 Å². The molecule has 1 aliphatic rings. The van der Waals surface area contributed by atoms with E-state index in [-0.39, 0.29) is 17.8 Å². The normalized spacial score (nSPS) is 17.9. The highest BCUT2D eigenvalue weighted by Crippen LogP contribution is 2.32. The van der Waals surface area contributed by atoms with Gasteiger partial charge in [0.25, 0.3) is 0 Å². The van der Waals surface area contributed by atoms with Gasteiger partial charge in [0.2, 0.25) is 0 Å². The topological polar surface area (TPSA) is 101 Å². The van der Waals surface area contributed by atoms with E-state index in [9.17, 15) is 4.79 Å². The van der Waals surface area contributed by atoms with Crippen molar-refractivity contribution in [2.24, 2.45) is 11.7 Å². The summed E-state index contributed by atoms with van der Waals surface area (Å²) in [6.45, 7) is 2.23. The predicted octanol–water partition coefficient (Wildman–Crippen LogP) is 1.12. The van der Waals surface area contributed by atoms with E-state index in [2.05, 4.69) is 10.3 Å². The minimum absolute atomic E-state index is 0.0666. The number of nitrogens with zero attached hydrogens (tertiary/aromatic N) is 1. The van der Waals surface area contributed by atoms with Gasteiger partial charge in [-0.05, 0) is 26.2 Å². The molecule has 0 aliphatic heterocycles. The van der Waals surface area contributed by atoms with Gasteiger partial charge < -0.3 is 15.8 Å². The van der Waals surface area contributed by atoms with Crippen molar-refractivity contribution in [3.05, 3.63) is 10.6 Å². The number of hydrogen-bond acceptors (Lipinski definition) is 5. The van der Waals surface area contributed by atoms with Crippen molar-refractivity contribution in [3.8, 4) is 0 Å². The van der Waals surface area contributed by atoms with Crippen LogP contribution < -0.4 is 11.1 Å². The summed E-state index contributed by atoms with van der Waals surface area (Å²) in [6, 6.07) is 0. The molecule has 0 fully saturated rings. The van der Waals surface area contributed by atoms with Crippen LogP contribution in [0.15, 0.2) is 0 Å². The molecule has 0 bridgehead atoms. The van der Waals surface area contributed by atoms with Crippen LogP contribution in [0.2, 0.25) is 0 Å². The van der Waals surface area contributed by atoms with Crippen molar-refractivity contribution in [1.29, 1.82) is 5.41 Å². The summed E-state index contributed by atoms with van der Waals surface area (Å²) >= 11 is 1.45. The maximum absolute atomic E-state index is 11.7. The van der Waals surface area contributed by atoms with Gasteiger partial charge in [-0.3, -0.25) is 10.2 Å². The van der Waals surface area contributed by atoms with E-state index in [0.717, 1.165) is 23.4 Å². The Bertz CT molecular complexity index is 472. The molecule has 0 saturated carbocycles. The second-order valence-corrected chi connectivity index (χ2v) is 5.20. The quantitative estimate of drug-likeness (QED) is 0.433. The minimum Gasteiger partial charge on any atom is -0.466 e. The van der Waals surface area contributed by atoms with E-state index in [4.69, 9.17) is 15.9 Å². The van der Waals surface area contributed by atoms with Crippen LogP contribution in [0.1, 0.15) is 23.9 Å². The lowest BCUT2D eigenvalue weighted by atomic mass is 9.91. The van der Waals surface area contributed by atoms with Gasteiger partial charge in [0.15, 0.2) is 11.1 Å². The zero-order valence-corrected chi connectivity index (χ0v) is 11.0. The van der Waals surface area contributed by atoms with Gasteiger partial charge in [0.1, 0.15) is 0 Å². The van der Waals surface area contributed by atoms with Gasteiger partial charge in [-0.25, -0.2) is 4.98 Å². The van der Waals surface area contributed by atoms with Crippen molar-refractivity contribution < 1.29 is 9.53 Å². The molecule has 1 heterocycles. The summed E-state index contributed by atoms with van der Waals surface area (Å²) in [6.07, 6.45) is 2.22. The highest BCUT2D eigenvalue weighted by molar-refractivity contribution is 7.15. The molecule has 1 aromatic rings. The second kappa shape index (κ2) is 5.34. The fourth-order valence-corrected chi connectivity index (χ4v) is 3.11. The van der Waals surface area contributed by atoms with E-state index in [1.54, 1.807) is 0 Å². The van der Waals surface area contributed by atoms with E-state index in [1.165, 1.54) is 11.3 Å². The maximum atomic E-state index is 11.7. The van der Waals surface area contributed by atoms with Gasteiger partial charge >= 0.3 is 5.97 Å². The average Bonchev–Trinajstić information content (AvgIpc) is 2.69. The van der Waals surface area contributed by atoms with E-state index >= 15 is 0 Å². The summed E-state index contributed by atoms with van der Waals surface area (Å²) in [5, 5.41) is 10.5. The lowest BCUT2D eigenvalue weighted by Gasteiger charge is -2.18. The number of esters is 1. The standard InChI is InChI=1S/C11H16N4O2S/c1-2-17-9(16)6-3-4-7-8(5-6)18-11(14-7)15-10(12)13/h6H,2-5H2,1H3,(H4,12,13,14,15)/t6-/m1/s1. The largest absolute Gasteiger partial charge is 0.466 e. The molecular weight excluding hydrogens is 252 g/mol. The van der Waals surface area contributed by atoms with Gasteiger partial charge in [-0.2, -0.15) is 0 Å². The zero-order valence-electron chi connectivity index (χ0n) is 10.2. The molecule has 2 rings (SSSR count). The summed E-state index contributed by atoms with van der Waals surface area (Å²) < 4.78 is 5.04. The molecule has 0 amide bonds. The van der Waals surface area contributed by atoms with E-state index in [1.807, 2.05) is 6.92 Å². The molecule has 98 valence electrons. The molecule has 4 N–H and O–H groups in total. The van der Waals surface area contributed by atoms with Crippen LogP contribution in [0, 0.1) is 11.3 Å². The number of aryl methyl sites for hydroxylation is 1. The van der Waals surface area contributed by atoms with Crippen LogP contribution in [0.5, 0.6) is 0 Å². The van der Waals surface area contributed by atoms with Crippen LogP contribution in [-0.2, 0) is 22.4 Å². The SMILES string of the molecule is CCOC(=O)[C@@H]1CCc2nc(NC(=N)N)sc2C1. The Hall–Kier alpha value is -1.63. The number of nitrogens with two attached hydrogens (primary N) is 1. The third-order valence-corrected chi connectivity index (χ3v) is 3.84. The zero-order chi connectivity index (χ0) is 13.1. The molecule has 1 atom stereocenters. The number of guanidine groups is 1. The highest BCUT2D eigenvalue weighted by Gasteiger charge is 2.28. The number of ether oxygens (including phenoxy) is 1. The number of fused-ring (bicyclic) bond motifs is 1. The summed E-state index contributed by atoms with van der Waals surface area (Å²) in [7, 11) is 0. The molecule has 0 aromatic carbocycles. The number of anilines is 1. The molecular formula is C11H16N4O2S. The fourth-order valence-electron chi connectivity index (χ4n) is 2.00. The Morgan fingerprint density at radius 2 is 2.50 bits per heavy atom. The highest BCUT2D eigenvalue weighted by atomic mass is 32.1. The average molecular weight is 268 g/mol. The molecule has 0 spiro atoms. The monoisotopic (exact) mass is 268 g/mol. The number of aromatic nitrogens is 1. The summed E-state index contributed by atoms with van der Waals surface area (Å²) in [5.74, 6) is -0.316. The fraction of sp³-hybridized carbons (Fsp3) is 0.545. The molecule has 0 radical (unpaired) electrons. The lowest BCUT2D eigenvalue weighted by Crippen LogP contribution is -2.24. The Labute approximate surface area is 109 Å². The first-order valence-corrected chi connectivity index (χ1v) is 6.68. The third-order valence-electron chi connectivity index (χ3n) is 2.80. The molecule has 6 nitrogen and oxygen atoms in total. The molecule has 1 aromatic heterocycles. The first-order valence-electron chi connectivity index (χ1n) is 5.86. The van der Waals surface area contributed by atoms with E-state index < -0.39 is 0 Å². The van der Waals surface area contributed by atoms with Gasteiger partial charge in [0.05, 0.1) is 18.2 Å². The first-order chi connectivity index (χ1) is 8.60. The Kier molecular flexibility index (Phi) is 3.81. The summed E-state index contributed by atoms with van der Waals surface area (Å²) in [4.78, 5) is 17.1. The third kappa shape index (κ3) is 2.79. The second-order valence-electron chi connectivity index (χ2n) is 4.12. The van der Waals surface area contributed by atoms with Crippen molar-refractivity contribution in [2.45, 2.75) is 26.2 Å². The lowest BCUT2D eigenvalue weighted by molar-refractivity contribution is -0.148. The maximum Gasteiger partial charge on any atom is 0.309 e. The number of carbonyl (C=O) groups excluding carboxylic acids is 1. The van der Waals surface area contributed by atoms with Crippen molar-refractivity contribution in [3.63, 3.8) is 0 Å². The smallest absolute Gasteiger partial charge is 0.309 e. The number of nitrogens with one attached hydrogen (secondary N) is 2. The van der Waals surface area contributed by atoms with Crippen LogP contribution in [0.3, 0.4) is 0 Å². The molecule has 18 heavy (non-hydrogen) atoms. The molecule has 0 unspecified atom stereocenters. The Morgan fingerprint density at radius 1 is 1.72 bits per heavy atom. The van der Waals surface area contributed by atoms with Crippen LogP contribution in [-0.4, -0.2) is 23.5 Å². The van der Waals surface area contributed by atoms with Gasteiger partial charge in [-0.15, -0.1) is 11.3 Å². The Morgan fingerprint density at radius 3 is 3.17 bits per heavy atom. The van der Waals surface area contributed by atoms with Gasteiger partial charge in [0, 0.05) is 4.88 Å². The van der Waals surface area contributed by atoms with E-state index in [0.29, 0.717) is 18.2 Å². The van der Waals surface area contributed by atoms with Crippen molar-refractivity contribution in [1.82, 2.24) is 4.98 Å². The number of hydrogen-bond donors (Lipinski definition) is 3.